The molecule has 1 aliphatic rings. The predicted octanol–water partition coefficient (Wildman–Crippen LogP) is 1.61. The van der Waals surface area contributed by atoms with Crippen LogP contribution in [0.3, 0.4) is 0 Å². The zero-order valence-corrected chi connectivity index (χ0v) is 12.5. The van der Waals surface area contributed by atoms with Crippen LogP contribution in [0.15, 0.2) is 18.2 Å². The number of nitrogens with zero attached hydrogens (tertiary/aromatic N) is 3. The normalized spacial score (nSPS) is 14.2. The fourth-order valence-corrected chi connectivity index (χ4v) is 2.06. The molecule has 1 amide bonds. The lowest BCUT2D eigenvalue weighted by Crippen LogP contribution is -2.51. The molecular formula is C14H18FN3O4. The minimum Gasteiger partial charge on any atom is -0.358 e. The van der Waals surface area contributed by atoms with Gasteiger partial charge < -0.3 is 14.6 Å². The Labute approximate surface area is 127 Å². The summed E-state index contributed by atoms with van der Waals surface area (Å²) >= 11 is 0. The molecule has 0 aliphatic carbocycles. The fraction of sp³-hybridized carbons (Fsp3) is 0.429. The van der Waals surface area contributed by atoms with E-state index in [2.05, 4.69) is 0 Å². The number of anilines is 1. The van der Waals surface area contributed by atoms with Crippen LogP contribution in [0.5, 0.6) is 0 Å². The molecule has 22 heavy (non-hydrogen) atoms. The second-order valence-corrected chi connectivity index (χ2v) is 4.32. The van der Waals surface area contributed by atoms with Crippen LogP contribution in [-0.2, 0) is 9.59 Å². The molecule has 1 aromatic rings. The van der Waals surface area contributed by atoms with Gasteiger partial charge in [0.15, 0.2) is 5.82 Å². The molecule has 0 unspecified atom stereocenters. The first-order valence-corrected chi connectivity index (χ1v) is 6.93. The number of rotatable bonds is 4. The molecule has 1 aromatic carbocycles. The molecule has 0 saturated carbocycles. The van der Waals surface area contributed by atoms with Gasteiger partial charge in [-0.1, -0.05) is 13.8 Å². The summed E-state index contributed by atoms with van der Waals surface area (Å²) in [6.07, 6.45) is 0.639. The Morgan fingerprint density at radius 3 is 2.55 bits per heavy atom. The highest BCUT2D eigenvalue weighted by Gasteiger charge is 2.25. The number of amides is 1. The number of hydrogen-bond acceptors (Lipinski definition) is 5. The van der Waals surface area contributed by atoms with Crippen molar-refractivity contribution < 1.29 is 18.9 Å². The highest BCUT2D eigenvalue weighted by Crippen LogP contribution is 2.25. The number of halogens is 1. The van der Waals surface area contributed by atoms with Gasteiger partial charge in [0.25, 0.3) is 5.69 Å². The Kier molecular flexibility index (Phi) is 6.43. The van der Waals surface area contributed by atoms with Gasteiger partial charge in [0, 0.05) is 19.2 Å². The van der Waals surface area contributed by atoms with Crippen molar-refractivity contribution in [3.05, 3.63) is 34.1 Å². The van der Waals surface area contributed by atoms with E-state index < -0.39 is 10.7 Å². The maximum Gasteiger partial charge on any atom is 0.272 e. The summed E-state index contributed by atoms with van der Waals surface area (Å²) in [6.45, 7) is 4.65. The van der Waals surface area contributed by atoms with Crippen molar-refractivity contribution in [3.63, 3.8) is 0 Å². The highest BCUT2D eigenvalue weighted by atomic mass is 19.1. The SMILES string of the molecule is CC.O=CCN1CCN(c2ccc([N+](=O)[O-])cc2F)CC1=O. The number of non-ortho nitro benzene ring substituents is 1. The van der Waals surface area contributed by atoms with Gasteiger partial charge in [-0.2, -0.15) is 0 Å². The van der Waals surface area contributed by atoms with Crippen molar-refractivity contribution in [2.45, 2.75) is 13.8 Å². The van der Waals surface area contributed by atoms with Gasteiger partial charge in [-0.25, -0.2) is 4.39 Å². The van der Waals surface area contributed by atoms with Gasteiger partial charge in [-0.05, 0) is 6.07 Å². The van der Waals surface area contributed by atoms with Crippen LogP contribution in [0.4, 0.5) is 15.8 Å². The van der Waals surface area contributed by atoms with Crippen molar-refractivity contribution in [2.24, 2.45) is 0 Å². The standard InChI is InChI=1S/C12H12FN3O4.C2H6/c13-10-7-9(16(19)20)1-2-11(10)15-4-3-14(5-6-17)12(18)8-15;1-2/h1-2,6-7H,3-5,8H2;1-2H3. The van der Waals surface area contributed by atoms with Crippen LogP contribution >= 0.6 is 0 Å². The third-order valence-electron chi connectivity index (χ3n) is 3.10. The van der Waals surface area contributed by atoms with Crippen molar-refractivity contribution in [1.29, 1.82) is 0 Å². The van der Waals surface area contributed by atoms with Crippen molar-refractivity contribution in [2.75, 3.05) is 31.1 Å². The summed E-state index contributed by atoms with van der Waals surface area (Å²) < 4.78 is 13.8. The molecule has 8 heteroatoms. The number of carbonyl (C=O) groups is 2. The maximum atomic E-state index is 13.8. The predicted molar refractivity (Wildman–Crippen MR) is 79.3 cm³/mol. The Hall–Kier alpha value is -2.51. The molecule has 0 radical (unpaired) electrons. The first-order valence-electron chi connectivity index (χ1n) is 6.93. The van der Waals surface area contributed by atoms with Crippen LogP contribution < -0.4 is 4.90 Å². The summed E-state index contributed by atoms with van der Waals surface area (Å²) in [5, 5.41) is 10.5. The summed E-state index contributed by atoms with van der Waals surface area (Å²) in [5.74, 6) is -1.02. The van der Waals surface area contributed by atoms with Gasteiger partial charge in [0.05, 0.1) is 29.8 Å². The molecule has 7 nitrogen and oxygen atoms in total. The third-order valence-corrected chi connectivity index (χ3v) is 3.10. The number of hydrogen-bond donors (Lipinski definition) is 0. The minimum atomic E-state index is -0.740. The number of carbonyl (C=O) groups excluding carboxylic acids is 2. The van der Waals surface area contributed by atoms with Crippen LogP contribution in [0, 0.1) is 15.9 Å². The van der Waals surface area contributed by atoms with Crippen molar-refractivity contribution >= 4 is 23.6 Å². The van der Waals surface area contributed by atoms with E-state index in [1.807, 2.05) is 13.8 Å². The van der Waals surface area contributed by atoms with E-state index in [9.17, 15) is 24.1 Å². The van der Waals surface area contributed by atoms with E-state index in [0.29, 0.717) is 19.4 Å². The number of aldehydes is 1. The molecule has 0 spiro atoms. The number of benzene rings is 1. The average Bonchev–Trinajstić information content (AvgIpc) is 2.51. The van der Waals surface area contributed by atoms with E-state index in [1.165, 1.54) is 21.9 Å². The lowest BCUT2D eigenvalue weighted by molar-refractivity contribution is -0.385. The molecule has 120 valence electrons. The monoisotopic (exact) mass is 311 g/mol. The van der Waals surface area contributed by atoms with Crippen LogP contribution in [-0.4, -0.2) is 48.2 Å². The molecule has 0 bridgehead atoms. The van der Waals surface area contributed by atoms with Gasteiger partial charge in [-0.3, -0.25) is 14.9 Å². The topological polar surface area (TPSA) is 83.8 Å². The second-order valence-electron chi connectivity index (χ2n) is 4.32. The molecule has 1 fully saturated rings. The molecule has 0 N–H and O–H groups in total. The first kappa shape index (κ1) is 17.5. The van der Waals surface area contributed by atoms with Gasteiger partial charge in [-0.15, -0.1) is 0 Å². The van der Waals surface area contributed by atoms with E-state index in [0.717, 1.165) is 6.07 Å². The van der Waals surface area contributed by atoms with Gasteiger partial charge >= 0.3 is 0 Å². The minimum absolute atomic E-state index is 0.0232. The Balaban J connectivity index is 0.00000116. The lowest BCUT2D eigenvalue weighted by Gasteiger charge is -2.34. The van der Waals surface area contributed by atoms with E-state index in [4.69, 9.17) is 0 Å². The average molecular weight is 311 g/mol. The quantitative estimate of drug-likeness (QED) is 0.479. The van der Waals surface area contributed by atoms with Gasteiger partial charge in [0.1, 0.15) is 6.29 Å². The fourth-order valence-electron chi connectivity index (χ4n) is 2.06. The van der Waals surface area contributed by atoms with Gasteiger partial charge in [0.2, 0.25) is 5.91 Å². The van der Waals surface area contributed by atoms with Crippen LogP contribution in [0.25, 0.3) is 0 Å². The van der Waals surface area contributed by atoms with E-state index >= 15 is 0 Å². The zero-order chi connectivity index (χ0) is 16.7. The molecular weight excluding hydrogens is 293 g/mol. The van der Waals surface area contributed by atoms with Crippen LogP contribution in [0.2, 0.25) is 0 Å². The molecule has 1 saturated heterocycles. The largest absolute Gasteiger partial charge is 0.358 e. The number of piperazine rings is 1. The Morgan fingerprint density at radius 1 is 1.36 bits per heavy atom. The molecule has 2 rings (SSSR count). The maximum absolute atomic E-state index is 13.8. The Morgan fingerprint density at radius 2 is 2.05 bits per heavy atom. The van der Waals surface area contributed by atoms with E-state index in [1.54, 1.807) is 0 Å². The first-order chi connectivity index (χ1) is 10.5. The van der Waals surface area contributed by atoms with E-state index in [-0.39, 0.29) is 30.4 Å². The third kappa shape index (κ3) is 4.00. The van der Waals surface area contributed by atoms with Crippen molar-refractivity contribution in [3.8, 4) is 0 Å². The second kappa shape index (κ2) is 8.06. The molecule has 1 aliphatic heterocycles. The molecule has 1 heterocycles. The summed E-state index contributed by atoms with van der Waals surface area (Å²) in [5.41, 5.74) is -0.188. The molecule has 0 atom stereocenters. The number of nitro groups is 1. The number of nitro benzene ring substituents is 1. The Bertz CT molecular complexity index is 565. The smallest absolute Gasteiger partial charge is 0.272 e. The summed E-state index contributed by atoms with van der Waals surface area (Å²) in [6, 6.07) is 3.31. The van der Waals surface area contributed by atoms with Crippen LogP contribution in [0.1, 0.15) is 13.8 Å². The molecule has 0 aromatic heterocycles. The highest BCUT2D eigenvalue weighted by molar-refractivity contribution is 5.84. The summed E-state index contributed by atoms with van der Waals surface area (Å²) in [7, 11) is 0. The zero-order valence-electron chi connectivity index (χ0n) is 12.5. The lowest BCUT2D eigenvalue weighted by atomic mass is 10.2. The summed E-state index contributed by atoms with van der Waals surface area (Å²) in [4.78, 5) is 34.9. The van der Waals surface area contributed by atoms with Crippen molar-refractivity contribution in [1.82, 2.24) is 4.90 Å².